The molecule has 0 aromatic heterocycles. The molecule has 2 saturated carbocycles. The average Bonchev–Trinajstić information content (AvgIpc) is 3.06. The van der Waals surface area contributed by atoms with Crippen LogP contribution in [0.25, 0.3) is 0 Å². The van der Waals surface area contributed by atoms with E-state index >= 15 is 0 Å². The molecule has 0 N–H and O–H groups in total. The summed E-state index contributed by atoms with van der Waals surface area (Å²) in [6.07, 6.45) is 9.12. The van der Waals surface area contributed by atoms with Gasteiger partial charge < -0.3 is 9.64 Å². The smallest absolute Gasteiger partial charge is 0.157 e. The second-order valence-electron chi connectivity index (χ2n) is 10.7. The highest BCUT2D eigenvalue weighted by Gasteiger charge is 2.59. The molecule has 1 aromatic rings. The first-order valence-corrected chi connectivity index (χ1v) is 11.5. The number of rotatable bonds is 3. The minimum Gasteiger partial charge on any atom is -0.377 e. The largest absolute Gasteiger partial charge is 0.377 e. The Hall–Kier alpha value is -1.61. The molecule has 3 aliphatic carbocycles. The summed E-state index contributed by atoms with van der Waals surface area (Å²) in [6.45, 7) is 6.80. The second kappa shape index (κ2) is 6.97. The third-order valence-electron chi connectivity index (χ3n) is 8.98. The van der Waals surface area contributed by atoms with Gasteiger partial charge in [0.05, 0.1) is 12.7 Å². The Labute approximate surface area is 175 Å². The Balaban J connectivity index is 1.35. The van der Waals surface area contributed by atoms with E-state index in [2.05, 4.69) is 56.1 Å². The molecule has 0 bridgehead atoms. The molecule has 1 aliphatic heterocycles. The van der Waals surface area contributed by atoms with Crippen LogP contribution < -0.4 is 0 Å². The maximum atomic E-state index is 12.1. The molecule has 156 valence electrons. The van der Waals surface area contributed by atoms with Gasteiger partial charge in [0.1, 0.15) is 0 Å². The van der Waals surface area contributed by atoms with Gasteiger partial charge in [-0.1, -0.05) is 44.2 Å². The highest BCUT2D eigenvalue weighted by atomic mass is 16.5. The molecule has 29 heavy (non-hydrogen) atoms. The Morgan fingerprint density at radius 1 is 1.14 bits per heavy atom. The zero-order chi connectivity index (χ0) is 20.2. The average molecular weight is 394 g/mol. The normalized spacial score (nSPS) is 41.4. The number of carbonyl (C=O) groups is 1. The summed E-state index contributed by atoms with van der Waals surface area (Å²) < 4.78 is 6.43. The first-order chi connectivity index (χ1) is 13.9. The molecule has 1 unspecified atom stereocenters. The maximum absolute atomic E-state index is 12.1. The number of ketones is 1. The van der Waals surface area contributed by atoms with E-state index in [1.54, 1.807) is 0 Å². The van der Waals surface area contributed by atoms with Crippen LogP contribution in [-0.2, 0) is 16.1 Å². The van der Waals surface area contributed by atoms with Crippen LogP contribution in [0.1, 0.15) is 57.9 Å². The predicted molar refractivity (Wildman–Crippen MR) is 115 cm³/mol. The van der Waals surface area contributed by atoms with Gasteiger partial charge in [0.2, 0.25) is 0 Å². The SMILES string of the molecule is CN1C[C@@H]2[C@@H](CC[C@]3(C)CC(OCc4ccccc4)C[C@@H]23)[C@@]2(C)CCC(=O)C=C12. The van der Waals surface area contributed by atoms with Crippen molar-refractivity contribution in [2.45, 2.75) is 65.1 Å². The Morgan fingerprint density at radius 2 is 1.93 bits per heavy atom. The predicted octanol–water partition coefficient (Wildman–Crippen LogP) is 5.21. The zero-order valence-corrected chi connectivity index (χ0v) is 18.2. The summed E-state index contributed by atoms with van der Waals surface area (Å²) in [5.41, 5.74) is 3.17. The molecule has 1 aromatic carbocycles. The van der Waals surface area contributed by atoms with E-state index in [1.807, 2.05) is 6.08 Å². The lowest BCUT2D eigenvalue weighted by Gasteiger charge is -2.59. The highest BCUT2D eigenvalue weighted by Crippen LogP contribution is 2.64. The Morgan fingerprint density at radius 3 is 2.72 bits per heavy atom. The lowest BCUT2D eigenvalue weighted by molar-refractivity contribution is -0.118. The molecule has 3 nitrogen and oxygen atoms in total. The minimum atomic E-state index is 0.176. The molecule has 0 radical (unpaired) electrons. The van der Waals surface area contributed by atoms with E-state index in [-0.39, 0.29) is 5.41 Å². The third-order valence-corrected chi connectivity index (χ3v) is 8.98. The van der Waals surface area contributed by atoms with Crippen molar-refractivity contribution >= 4 is 5.78 Å². The molecule has 3 fully saturated rings. The molecular weight excluding hydrogens is 358 g/mol. The van der Waals surface area contributed by atoms with Crippen molar-refractivity contribution in [1.82, 2.24) is 4.90 Å². The van der Waals surface area contributed by atoms with Crippen molar-refractivity contribution in [2.75, 3.05) is 13.6 Å². The van der Waals surface area contributed by atoms with Gasteiger partial charge in [0.25, 0.3) is 0 Å². The fourth-order valence-electron chi connectivity index (χ4n) is 7.48. The number of likely N-dealkylation sites (tertiary alicyclic amines) is 1. The Bertz CT molecular complexity index is 817. The molecule has 5 rings (SSSR count). The van der Waals surface area contributed by atoms with Crippen LogP contribution in [0.15, 0.2) is 42.1 Å². The van der Waals surface area contributed by atoms with Gasteiger partial charge in [-0.05, 0) is 60.8 Å². The summed E-state index contributed by atoms with van der Waals surface area (Å²) in [4.78, 5) is 14.5. The number of carbonyl (C=O) groups excluding carboxylic acids is 1. The van der Waals surface area contributed by atoms with Crippen LogP contribution in [0.3, 0.4) is 0 Å². The Kier molecular flexibility index (Phi) is 4.66. The molecule has 0 spiro atoms. The van der Waals surface area contributed by atoms with E-state index < -0.39 is 0 Å². The van der Waals surface area contributed by atoms with Gasteiger partial charge in [-0.25, -0.2) is 0 Å². The van der Waals surface area contributed by atoms with Gasteiger partial charge in [0, 0.05) is 37.2 Å². The number of hydrogen-bond acceptors (Lipinski definition) is 3. The van der Waals surface area contributed by atoms with Crippen LogP contribution >= 0.6 is 0 Å². The van der Waals surface area contributed by atoms with Crippen molar-refractivity contribution in [3.05, 3.63) is 47.7 Å². The van der Waals surface area contributed by atoms with E-state index in [9.17, 15) is 4.79 Å². The number of nitrogens with zero attached hydrogens (tertiary/aromatic N) is 1. The summed E-state index contributed by atoms with van der Waals surface area (Å²) in [5, 5.41) is 0. The second-order valence-corrected chi connectivity index (χ2v) is 10.7. The van der Waals surface area contributed by atoms with Gasteiger partial charge in [-0.3, -0.25) is 4.79 Å². The van der Waals surface area contributed by atoms with Crippen LogP contribution in [0, 0.1) is 28.6 Å². The molecular formula is C26H35NO2. The monoisotopic (exact) mass is 393 g/mol. The van der Waals surface area contributed by atoms with Gasteiger partial charge in [0.15, 0.2) is 5.78 Å². The van der Waals surface area contributed by atoms with Gasteiger partial charge in [-0.2, -0.15) is 0 Å². The van der Waals surface area contributed by atoms with E-state index in [4.69, 9.17) is 4.74 Å². The van der Waals surface area contributed by atoms with Crippen molar-refractivity contribution in [2.24, 2.45) is 28.6 Å². The summed E-state index contributed by atoms with van der Waals surface area (Å²) in [7, 11) is 2.21. The fraction of sp³-hybridized carbons (Fsp3) is 0.654. The highest BCUT2D eigenvalue weighted by molar-refractivity contribution is 5.91. The minimum absolute atomic E-state index is 0.176. The standard InChI is InChI=1S/C26H35NO2/c1-25-11-10-22-21(16-27(3)24-13-19(28)9-12-26(22,24)2)23(25)14-20(15-25)29-17-18-7-5-4-6-8-18/h4-8,13,20-23H,9-12,14-17H2,1-3H3/t20?,21-,22-,23+,25-,26-/m1/s1. The lowest BCUT2D eigenvalue weighted by atomic mass is 9.50. The number of benzene rings is 1. The number of hydrogen-bond donors (Lipinski definition) is 0. The molecule has 1 heterocycles. The zero-order valence-electron chi connectivity index (χ0n) is 18.2. The molecule has 0 amide bonds. The summed E-state index contributed by atoms with van der Waals surface area (Å²) in [6, 6.07) is 10.6. The summed E-state index contributed by atoms with van der Waals surface area (Å²) >= 11 is 0. The van der Waals surface area contributed by atoms with Crippen molar-refractivity contribution in [1.29, 1.82) is 0 Å². The van der Waals surface area contributed by atoms with E-state index in [0.29, 0.717) is 23.2 Å². The quantitative estimate of drug-likeness (QED) is 0.706. The van der Waals surface area contributed by atoms with Crippen LogP contribution in [0.5, 0.6) is 0 Å². The number of ether oxygens (including phenoxy) is 1. The molecule has 4 aliphatic rings. The van der Waals surface area contributed by atoms with Crippen LogP contribution in [0.2, 0.25) is 0 Å². The summed E-state index contributed by atoms with van der Waals surface area (Å²) in [5.74, 6) is 2.49. The lowest BCUT2D eigenvalue weighted by Crippen LogP contribution is -2.56. The van der Waals surface area contributed by atoms with Crippen molar-refractivity contribution in [3.63, 3.8) is 0 Å². The molecule has 1 saturated heterocycles. The van der Waals surface area contributed by atoms with Crippen LogP contribution in [-0.4, -0.2) is 30.4 Å². The van der Waals surface area contributed by atoms with Gasteiger partial charge in [-0.15, -0.1) is 0 Å². The number of piperidine rings is 1. The number of allylic oxidation sites excluding steroid dienone is 2. The first-order valence-electron chi connectivity index (χ1n) is 11.5. The topological polar surface area (TPSA) is 29.5 Å². The van der Waals surface area contributed by atoms with Crippen molar-refractivity contribution in [3.8, 4) is 0 Å². The number of fused-ring (bicyclic) bond motifs is 5. The molecule has 6 atom stereocenters. The van der Waals surface area contributed by atoms with Crippen molar-refractivity contribution < 1.29 is 9.53 Å². The first kappa shape index (κ1) is 19.4. The fourth-order valence-corrected chi connectivity index (χ4v) is 7.48. The molecule has 3 heteroatoms. The van der Waals surface area contributed by atoms with E-state index in [0.717, 1.165) is 37.8 Å². The van der Waals surface area contributed by atoms with E-state index in [1.165, 1.54) is 36.9 Å². The third kappa shape index (κ3) is 3.17. The maximum Gasteiger partial charge on any atom is 0.157 e. The van der Waals surface area contributed by atoms with Crippen LogP contribution in [0.4, 0.5) is 0 Å². The van der Waals surface area contributed by atoms with Gasteiger partial charge >= 0.3 is 0 Å².